The van der Waals surface area contributed by atoms with Gasteiger partial charge in [0.05, 0.1) is 0 Å². The highest BCUT2D eigenvalue weighted by atomic mass is 15.0. The minimum Gasteiger partial charge on any atom is -0.311 e. The normalized spacial score (nSPS) is 31.2. The summed E-state index contributed by atoms with van der Waals surface area (Å²) < 4.78 is 0. The van der Waals surface area contributed by atoms with Crippen LogP contribution >= 0.6 is 0 Å². The maximum Gasteiger partial charge on any atom is 0.00951 e. The molecule has 0 aromatic carbocycles. The van der Waals surface area contributed by atoms with Gasteiger partial charge in [0.1, 0.15) is 0 Å². The van der Waals surface area contributed by atoms with E-state index in [1.807, 2.05) is 0 Å². The first-order valence-corrected chi connectivity index (χ1v) is 5.85. The first-order chi connectivity index (χ1) is 6.09. The van der Waals surface area contributed by atoms with Crippen LogP contribution in [0.1, 0.15) is 53.4 Å². The van der Waals surface area contributed by atoms with E-state index in [4.69, 9.17) is 0 Å². The van der Waals surface area contributed by atoms with Gasteiger partial charge in [-0.15, -0.1) is 0 Å². The van der Waals surface area contributed by atoms with E-state index in [9.17, 15) is 0 Å². The minimum atomic E-state index is 0.700. The van der Waals surface area contributed by atoms with E-state index in [2.05, 4.69) is 33.0 Å². The minimum absolute atomic E-state index is 0.700. The van der Waals surface area contributed by atoms with Crippen LogP contribution in [0.15, 0.2) is 0 Å². The summed E-state index contributed by atoms with van der Waals surface area (Å²) in [6, 6.07) is 1.50. The standard InChI is InChI=1S/C12H25N/c1-9(2)8-11(4)13-12-7-5-6-10(12)3/h9-13H,5-8H2,1-4H3. The van der Waals surface area contributed by atoms with Crippen molar-refractivity contribution in [1.82, 2.24) is 5.32 Å². The van der Waals surface area contributed by atoms with Crippen LogP contribution < -0.4 is 5.32 Å². The predicted molar refractivity (Wildman–Crippen MR) is 58.9 cm³/mol. The third-order valence-corrected chi connectivity index (χ3v) is 3.19. The second kappa shape index (κ2) is 4.99. The van der Waals surface area contributed by atoms with Crippen LogP contribution in [0, 0.1) is 11.8 Å². The van der Waals surface area contributed by atoms with Crippen molar-refractivity contribution in [2.75, 3.05) is 0 Å². The Kier molecular flexibility index (Phi) is 4.24. The lowest BCUT2D eigenvalue weighted by Crippen LogP contribution is -2.38. The van der Waals surface area contributed by atoms with Crippen LogP contribution in [0.4, 0.5) is 0 Å². The number of hydrogen-bond acceptors (Lipinski definition) is 1. The van der Waals surface area contributed by atoms with Gasteiger partial charge in [-0.1, -0.05) is 27.2 Å². The highest BCUT2D eigenvalue weighted by molar-refractivity contribution is 4.82. The lowest BCUT2D eigenvalue weighted by molar-refractivity contribution is 0.349. The molecule has 1 rings (SSSR count). The fourth-order valence-electron chi connectivity index (χ4n) is 2.53. The van der Waals surface area contributed by atoms with Crippen molar-refractivity contribution >= 4 is 0 Å². The van der Waals surface area contributed by atoms with Crippen molar-refractivity contribution in [2.24, 2.45) is 11.8 Å². The van der Waals surface area contributed by atoms with Gasteiger partial charge in [-0.2, -0.15) is 0 Å². The van der Waals surface area contributed by atoms with Gasteiger partial charge >= 0.3 is 0 Å². The van der Waals surface area contributed by atoms with Crippen molar-refractivity contribution in [3.63, 3.8) is 0 Å². The van der Waals surface area contributed by atoms with E-state index in [0.29, 0.717) is 6.04 Å². The fourth-order valence-corrected chi connectivity index (χ4v) is 2.53. The molecule has 78 valence electrons. The summed E-state index contributed by atoms with van der Waals surface area (Å²) >= 11 is 0. The maximum atomic E-state index is 3.76. The van der Waals surface area contributed by atoms with E-state index in [1.165, 1.54) is 25.7 Å². The lowest BCUT2D eigenvalue weighted by Gasteiger charge is -2.23. The van der Waals surface area contributed by atoms with Gasteiger partial charge in [-0.05, 0) is 38.0 Å². The van der Waals surface area contributed by atoms with Crippen LogP contribution in [0.3, 0.4) is 0 Å². The molecule has 1 aliphatic carbocycles. The molecular weight excluding hydrogens is 158 g/mol. The Morgan fingerprint density at radius 1 is 1.23 bits per heavy atom. The van der Waals surface area contributed by atoms with Crippen molar-refractivity contribution < 1.29 is 0 Å². The highest BCUT2D eigenvalue weighted by Gasteiger charge is 2.24. The van der Waals surface area contributed by atoms with Crippen LogP contribution in [-0.4, -0.2) is 12.1 Å². The molecule has 0 radical (unpaired) electrons. The molecule has 1 saturated carbocycles. The first-order valence-electron chi connectivity index (χ1n) is 5.85. The maximum absolute atomic E-state index is 3.76. The molecule has 1 N–H and O–H groups in total. The van der Waals surface area contributed by atoms with E-state index in [0.717, 1.165) is 17.9 Å². The average Bonchev–Trinajstić information content (AvgIpc) is 2.34. The molecule has 0 spiro atoms. The molecule has 3 atom stereocenters. The van der Waals surface area contributed by atoms with Gasteiger partial charge in [-0.3, -0.25) is 0 Å². The summed E-state index contributed by atoms with van der Waals surface area (Å²) in [7, 11) is 0. The van der Waals surface area contributed by atoms with Crippen LogP contribution in [0.25, 0.3) is 0 Å². The summed E-state index contributed by atoms with van der Waals surface area (Å²) in [5.74, 6) is 1.72. The average molecular weight is 183 g/mol. The van der Waals surface area contributed by atoms with Crippen LogP contribution in [0.2, 0.25) is 0 Å². The zero-order chi connectivity index (χ0) is 9.84. The molecular formula is C12H25N. The van der Waals surface area contributed by atoms with Crippen molar-refractivity contribution in [3.8, 4) is 0 Å². The monoisotopic (exact) mass is 183 g/mol. The van der Waals surface area contributed by atoms with E-state index < -0.39 is 0 Å². The van der Waals surface area contributed by atoms with Gasteiger partial charge < -0.3 is 5.32 Å². The Balaban J connectivity index is 2.22. The van der Waals surface area contributed by atoms with E-state index in [1.54, 1.807) is 0 Å². The zero-order valence-electron chi connectivity index (χ0n) is 9.64. The third-order valence-electron chi connectivity index (χ3n) is 3.19. The molecule has 0 saturated heterocycles. The number of rotatable bonds is 4. The molecule has 0 aromatic rings. The molecule has 3 unspecified atom stereocenters. The van der Waals surface area contributed by atoms with Gasteiger partial charge in [0.25, 0.3) is 0 Å². The lowest BCUT2D eigenvalue weighted by atomic mass is 10.0. The summed E-state index contributed by atoms with van der Waals surface area (Å²) in [4.78, 5) is 0. The van der Waals surface area contributed by atoms with Crippen molar-refractivity contribution in [2.45, 2.75) is 65.5 Å². The second-order valence-corrected chi connectivity index (χ2v) is 5.21. The molecule has 0 heterocycles. The summed E-state index contributed by atoms with van der Waals surface area (Å²) in [6.07, 6.45) is 5.55. The molecule has 0 aromatic heterocycles. The number of nitrogens with one attached hydrogen (secondary N) is 1. The topological polar surface area (TPSA) is 12.0 Å². The van der Waals surface area contributed by atoms with Crippen molar-refractivity contribution in [1.29, 1.82) is 0 Å². The third kappa shape index (κ3) is 3.68. The van der Waals surface area contributed by atoms with Gasteiger partial charge in [-0.25, -0.2) is 0 Å². The Bertz CT molecular complexity index is 142. The molecule has 1 nitrogen and oxygen atoms in total. The zero-order valence-corrected chi connectivity index (χ0v) is 9.64. The largest absolute Gasteiger partial charge is 0.311 e. The Morgan fingerprint density at radius 3 is 2.38 bits per heavy atom. The van der Waals surface area contributed by atoms with Gasteiger partial charge in [0, 0.05) is 12.1 Å². The van der Waals surface area contributed by atoms with Gasteiger partial charge in [0.15, 0.2) is 0 Å². The van der Waals surface area contributed by atoms with E-state index in [-0.39, 0.29) is 0 Å². The van der Waals surface area contributed by atoms with Gasteiger partial charge in [0.2, 0.25) is 0 Å². The van der Waals surface area contributed by atoms with Crippen LogP contribution in [0.5, 0.6) is 0 Å². The summed E-state index contributed by atoms with van der Waals surface area (Å²) in [6.45, 7) is 9.31. The highest BCUT2D eigenvalue weighted by Crippen LogP contribution is 2.25. The second-order valence-electron chi connectivity index (χ2n) is 5.21. The SMILES string of the molecule is CC(C)CC(C)NC1CCCC1C. The molecule has 0 bridgehead atoms. The smallest absolute Gasteiger partial charge is 0.00951 e. The molecule has 1 aliphatic rings. The molecule has 0 amide bonds. The summed E-state index contributed by atoms with van der Waals surface area (Å²) in [5, 5.41) is 3.76. The van der Waals surface area contributed by atoms with E-state index >= 15 is 0 Å². The Hall–Kier alpha value is -0.0400. The molecule has 0 aliphatic heterocycles. The van der Waals surface area contributed by atoms with Crippen LogP contribution in [-0.2, 0) is 0 Å². The quantitative estimate of drug-likeness (QED) is 0.706. The Morgan fingerprint density at radius 2 is 1.92 bits per heavy atom. The molecule has 13 heavy (non-hydrogen) atoms. The fraction of sp³-hybridized carbons (Fsp3) is 1.00. The predicted octanol–water partition coefficient (Wildman–Crippen LogP) is 3.20. The number of hydrogen-bond donors (Lipinski definition) is 1. The first kappa shape index (κ1) is 11.0. The summed E-state index contributed by atoms with van der Waals surface area (Å²) in [5.41, 5.74) is 0. The molecule has 1 heteroatoms. The molecule has 1 fully saturated rings. The van der Waals surface area contributed by atoms with Crippen molar-refractivity contribution in [3.05, 3.63) is 0 Å². The Labute approximate surface area is 83.3 Å².